The Hall–Kier alpha value is -1.78. The zero-order chi connectivity index (χ0) is 22.6. The molecule has 1 heterocycles. The van der Waals surface area contributed by atoms with E-state index in [-0.39, 0.29) is 24.9 Å². The Morgan fingerprint density at radius 1 is 0.968 bits per heavy atom. The van der Waals surface area contributed by atoms with Gasteiger partial charge in [0, 0.05) is 37.8 Å². The van der Waals surface area contributed by atoms with Crippen LogP contribution in [0.4, 0.5) is 0 Å². The van der Waals surface area contributed by atoms with Gasteiger partial charge in [-0.2, -0.15) is 0 Å². The molecule has 0 atom stereocenters. The molecular formula is C21H32N2O6S2. The molecule has 0 fully saturated rings. The summed E-state index contributed by atoms with van der Waals surface area (Å²) in [4.78, 5) is 37.9. The summed E-state index contributed by atoms with van der Waals surface area (Å²) < 4.78 is 10.4. The number of nitrogens with one attached hydrogen (secondary N) is 1. The Bertz CT molecular complexity index is 634. The Morgan fingerprint density at radius 3 is 2.48 bits per heavy atom. The fraction of sp³-hybridized carbons (Fsp3) is 0.619. The van der Waals surface area contributed by atoms with Crippen LogP contribution in [0.2, 0.25) is 0 Å². The first-order valence-electron chi connectivity index (χ1n) is 10.5. The zero-order valence-corrected chi connectivity index (χ0v) is 19.4. The van der Waals surface area contributed by atoms with Crippen LogP contribution in [0.15, 0.2) is 29.4 Å². The molecule has 0 aromatic carbocycles. The smallest absolute Gasteiger partial charge is 0.305 e. The lowest BCUT2D eigenvalue weighted by atomic mass is 10.1. The maximum atomic E-state index is 11.7. The van der Waals surface area contributed by atoms with Crippen LogP contribution in [0.3, 0.4) is 0 Å². The molecule has 0 aliphatic rings. The van der Waals surface area contributed by atoms with E-state index in [1.54, 1.807) is 27.8 Å². The molecule has 0 saturated carbocycles. The van der Waals surface area contributed by atoms with Crippen molar-refractivity contribution in [3.63, 3.8) is 0 Å². The maximum Gasteiger partial charge on any atom is 0.305 e. The lowest BCUT2D eigenvalue weighted by molar-refractivity contribution is -0.145. The summed E-state index contributed by atoms with van der Waals surface area (Å²) in [6.07, 6.45) is 6.87. The molecule has 10 heteroatoms. The Balaban J connectivity index is 1.83. The zero-order valence-electron chi connectivity index (χ0n) is 17.8. The predicted octanol–water partition coefficient (Wildman–Crippen LogP) is 3.70. The van der Waals surface area contributed by atoms with Crippen LogP contribution in [0.25, 0.3) is 0 Å². The largest absolute Gasteiger partial charge is 0.481 e. The number of aromatic nitrogens is 1. The number of hydrogen-bond donors (Lipinski definition) is 2. The van der Waals surface area contributed by atoms with Crippen molar-refractivity contribution in [3.05, 3.63) is 24.4 Å². The molecule has 0 aliphatic carbocycles. The van der Waals surface area contributed by atoms with Crippen LogP contribution in [-0.4, -0.2) is 60.1 Å². The number of rotatable bonds is 19. The number of aliphatic carboxylic acids is 1. The van der Waals surface area contributed by atoms with E-state index in [0.717, 1.165) is 30.7 Å². The fourth-order valence-corrected chi connectivity index (χ4v) is 4.32. The molecule has 1 rings (SSSR count). The molecular weight excluding hydrogens is 440 g/mol. The molecule has 2 N–H and O–H groups in total. The second-order valence-corrected chi connectivity index (χ2v) is 9.10. The van der Waals surface area contributed by atoms with Crippen LogP contribution in [0.5, 0.6) is 0 Å². The number of unbranched alkanes of at least 4 members (excludes halogenated alkanes) is 4. The number of carbonyl (C=O) groups excluding carboxylic acids is 2. The number of esters is 1. The van der Waals surface area contributed by atoms with Crippen molar-refractivity contribution in [1.29, 1.82) is 0 Å². The van der Waals surface area contributed by atoms with Crippen molar-refractivity contribution in [3.8, 4) is 0 Å². The first kappa shape index (κ1) is 27.3. The Morgan fingerprint density at radius 2 is 1.74 bits per heavy atom. The van der Waals surface area contributed by atoms with Gasteiger partial charge in [0.15, 0.2) is 0 Å². The van der Waals surface area contributed by atoms with Crippen LogP contribution in [-0.2, 0) is 23.9 Å². The first-order valence-corrected chi connectivity index (χ1v) is 12.8. The van der Waals surface area contributed by atoms with E-state index >= 15 is 0 Å². The van der Waals surface area contributed by atoms with Gasteiger partial charge in [0.2, 0.25) is 5.91 Å². The highest BCUT2D eigenvalue weighted by Crippen LogP contribution is 2.29. The summed E-state index contributed by atoms with van der Waals surface area (Å²) in [6.45, 7) is 1.29. The van der Waals surface area contributed by atoms with Crippen molar-refractivity contribution in [2.75, 3.05) is 32.1 Å². The van der Waals surface area contributed by atoms with E-state index in [9.17, 15) is 14.4 Å². The quantitative estimate of drug-likeness (QED) is 0.177. The maximum absolute atomic E-state index is 11.7. The van der Waals surface area contributed by atoms with Gasteiger partial charge < -0.3 is 19.9 Å². The van der Waals surface area contributed by atoms with Gasteiger partial charge in [-0.15, -0.1) is 0 Å². The lowest BCUT2D eigenvalue weighted by Gasteiger charge is -2.07. The van der Waals surface area contributed by atoms with Crippen molar-refractivity contribution in [1.82, 2.24) is 10.3 Å². The van der Waals surface area contributed by atoms with Crippen LogP contribution >= 0.6 is 21.6 Å². The monoisotopic (exact) mass is 472 g/mol. The van der Waals surface area contributed by atoms with Gasteiger partial charge in [-0.25, -0.2) is 4.98 Å². The summed E-state index contributed by atoms with van der Waals surface area (Å²) in [5.74, 6) is -0.332. The highest BCUT2D eigenvalue weighted by atomic mass is 33.1. The summed E-state index contributed by atoms with van der Waals surface area (Å²) in [7, 11) is 3.14. The van der Waals surface area contributed by atoms with E-state index < -0.39 is 5.97 Å². The number of carboxylic acid groups (broad SMARTS) is 1. The molecule has 0 bridgehead atoms. The van der Waals surface area contributed by atoms with Crippen LogP contribution in [0, 0.1) is 0 Å². The van der Waals surface area contributed by atoms with Crippen molar-refractivity contribution >= 4 is 39.4 Å². The van der Waals surface area contributed by atoms with Gasteiger partial charge in [-0.05, 0) is 35.8 Å². The molecule has 0 spiro atoms. The van der Waals surface area contributed by atoms with E-state index in [0.29, 0.717) is 44.8 Å². The molecule has 31 heavy (non-hydrogen) atoms. The molecule has 8 nitrogen and oxygen atoms in total. The number of hydrogen-bond acceptors (Lipinski definition) is 8. The Kier molecular flexibility index (Phi) is 16.7. The molecule has 0 radical (unpaired) electrons. The van der Waals surface area contributed by atoms with Crippen molar-refractivity contribution < 1.29 is 29.0 Å². The predicted molar refractivity (Wildman–Crippen MR) is 122 cm³/mol. The summed E-state index contributed by atoms with van der Waals surface area (Å²) in [5.41, 5.74) is 0. The number of ether oxygens (including phenoxy) is 2. The topological polar surface area (TPSA) is 115 Å². The van der Waals surface area contributed by atoms with E-state index in [4.69, 9.17) is 14.6 Å². The minimum atomic E-state index is -0.765. The second kappa shape index (κ2) is 18.9. The summed E-state index contributed by atoms with van der Waals surface area (Å²) >= 11 is 0. The third-order valence-corrected chi connectivity index (χ3v) is 6.29. The van der Waals surface area contributed by atoms with Crippen molar-refractivity contribution in [2.24, 2.45) is 0 Å². The average Bonchev–Trinajstić information content (AvgIpc) is 2.76. The number of nitrogens with zero attached hydrogens (tertiary/aromatic N) is 1. The van der Waals surface area contributed by atoms with Crippen LogP contribution < -0.4 is 5.32 Å². The Labute approximate surface area is 191 Å². The average molecular weight is 473 g/mol. The molecule has 1 aromatic rings. The standard InChI is InChI=1S/C21H32N2O6S2/c24-18(11-17-30-31-19-8-6-7-12-23-19)22-13-14-28-15-16-29-21(27)10-5-3-1-2-4-9-20(25)26/h6-8,12H,1-5,9-11,13-17H2,(H,22,24)(H,25,26). The molecule has 174 valence electrons. The van der Waals surface area contributed by atoms with Gasteiger partial charge in [-0.3, -0.25) is 14.4 Å². The molecule has 0 aliphatic heterocycles. The summed E-state index contributed by atoms with van der Waals surface area (Å²) in [6, 6.07) is 5.73. The molecule has 0 unspecified atom stereocenters. The fourth-order valence-electron chi connectivity index (χ4n) is 2.45. The highest BCUT2D eigenvalue weighted by Gasteiger charge is 2.04. The molecule has 1 aromatic heterocycles. The van der Waals surface area contributed by atoms with Crippen LogP contribution in [0.1, 0.15) is 51.4 Å². The number of carboxylic acids is 1. The highest BCUT2D eigenvalue weighted by molar-refractivity contribution is 8.76. The van der Waals surface area contributed by atoms with Crippen molar-refractivity contribution in [2.45, 2.75) is 56.4 Å². The molecule has 0 saturated heterocycles. The van der Waals surface area contributed by atoms with Gasteiger partial charge in [0.05, 0.1) is 13.2 Å². The third-order valence-electron chi connectivity index (χ3n) is 4.03. The van der Waals surface area contributed by atoms with E-state index in [1.807, 2.05) is 18.2 Å². The summed E-state index contributed by atoms with van der Waals surface area (Å²) in [5, 5.41) is 12.3. The van der Waals surface area contributed by atoms with Gasteiger partial charge in [-0.1, -0.05) is 36.1 Å². The number of pyridine rings is 1. The number of amides is 1. The molecule has 1 amide bonds. The van der Waals surface area contributed by atoms with E-state index in [1.165, 1.54) is 0 Å². The number of carbonyl (C=O) groups is 3. The normalized spacial score (nSPS) is 10.6. The minimum absolute atomic E-state index is 0.0212. The van der Waals surface area contributed by atoms with Gasteiger partial charge in [0.25, 0.3) is 0 Å². The minimum Gasteiger partial charge on any atom is -0.481 e. The van der Waals surface area contributed by atoms with E-state index in [2.05, 4.69) is 10.3 Å². The first-order chi connectivity index (χ1) is 15.1. The lowest BCUT2D eigenvalue weighted by Crippen LogP contribution is -2.27. The second-order valence-electron chi connectivity index (χ2n) is 6.67. The van der Waals surface area contributed by atoms with Gasteiger partial charge in [0.1, 0.15) is 11.6 Å². The third kappa shape index (κ3) is 17.6. The SMILES string of the molecule is O=C(O)CCCCCCCC(=O)OCCOCCNC(=O)CCSSc1ccccn1. The van der Waals surface area contributed by atoms with Gasteiger partial charge >= 0.3 is 11.9 Å².